The lowest BCUT2D eigenvalue weighted by atomic mass is 10.2. The minimum absolute atomic E-state index is 0.0430. The molecule has 7 heteroatoms. The number of amides is 3. The van der Waals surface area contributed by atoms with Crippen LogP contribution in [0.5, 0.6) is 0 Å². The maximum atomic E-state index is 12.0. The van der Waals surface area contributed by atoms with Crippen molar-refractivity contribution in [3.63, 3.8) is 0 Å². The molecular weight excluding hydrogens is 276 g/mol. The second kappa shape index (κ2) is 9.33. The topological polar surface area (TPSA) is 95.9 Å². The van der Waals surface area contributed by atoms with Gasteiger partial charge in [0.1, 0.15) is 0 Å². The number of nitrogens with one attached hydrogen (secondary N) is 1. The second-order valence-corrected chi connectivity index (χ2v) is 5.13. The molecule has 1 rings (SSSR count). The summed E-state index contributed by atoms with van der Waals surface area (Å²) in [5, 5.41) is 10.8. The SMILES string of the molecule is CCN(CC1CCCO1)C(=O)NC(=O)CCCCC(=O)O. The summed E-state index contributed by atoms with van der Waals surface area (Å²) >= 11 is 0. The monoisotopic (exact) mass is 300 g/mol. The average Bonchev–Trinajstić information content (AvgIpc) is 2.93. The molecule has 120 valence electrons. The van der Waals surface area contributed by atoms with Crippen molar-refractivity contribution < 1.29 is 24.2 Å². The fourth-order valence-electron chi connectivity index (χ4n) is 2.21. The maximum Gasteiger partial charge on any atom is 0.324 e. The Hall–Kier alpha value is -1.63. The summed E-state index contributed by atoms with van der Waals surface area (Å²) in [7, 11) is 0. The highest BCUT2D eigenvalue weighted by molar-refractivity contribution is 5.94. The van der Waals surface area contributed by atoms with Crippen LogP contribution < -0.4 is 5.32 Å². The number of carboxylic acid groups (broad SMARTS) is 1. The standard InChI is InChI=1S/C14H24N2O5/c1-2-16(10-11-6-5-9-21-11)14(20)15-12(17)7-3-4-8-13(18)19/h11H,2-10H2,1H3,(H,18,19)(H,15,17,20). The highest BCUT2D eigenvalue weighted by Gasteiger charge is 2.22. The Morgan fingerprint density at radius 1 is 1.29 bits per heavy atom. The number of carbonyl (C=O) groups excluding carboxylic acids is 2. The first-order chi connectivity index (χ1) is 10.0. The minimum Gasteiger partial charge on any atom is -0.481 e. The molecule has 1 heterocycles. The van der Waals surface area contributed by atoms with Gasteiger partial charge in [-0.1, -0.05) is 0 Å². The number of hydrogen-bond acceptors (Lipinski definition) is 4. The first-order valence-electron chi connectivity index (χ1n) is 7.45. The van der Waals surface area contributed by atoms with Crippen molar-refractivity contribution in [1.82, 2.24) is 10.2 Å². The van der Waals surface area contributed by atoms with Gasteiger partial charge in [0.15, 0.2) is 0 Å². The van der Waals surface area contributed by atoms with E-state index in [9.17, 15) is 14.4 Å². The van der Waals surface area contributed by atoms with Crippen LogP contribution in [-0.2, 0) is 14.3 Å². The van der Waals surface area contributed by atoms with E-state index in [0.29, 0.717) is 25.9 Å². The lowest BCUT2D eigenvalue weighted by molar-refractivity contribution is -0.137. The van der Waals surface area contributed by atoms with Crippen molar-refractivity contribution in [3.05, 3.63) is 0 Å². The molecule has 1 aliphatic rings. The van der Waals surface area contributed by atoms with Gasteiger partial charge in [0.05, 0.1) is 6.10 Å². The molecule has 0 aromatic heterocycles. The summed E-state index contributed by atoms with van der Waals surface area (Å²) in [6, 6.07) is -0.406. The van der Waals surface area contributed by atoms with Gasteiger partial charge >= 0.3 is 12.0 Å². The van der Waals surface area contributed by atoms with Crippen LogP contribution in [0.2, 0.25) is 0 Å². The largest absolute Gasteiger partial charge is 0.481 e. The van der Waals surface area contributed by atoms with Crippen LogP contribution in [0.3, 0.4) is 0 Å². The molecular formula is C14H24N2O5. The minimum atomic E-state index is -0.875. The molecule has 1 unspecified atom stereocenters. The van der Waals surface area contributed by atoms with Gasteiger partial charge in [-0.3, -0.25) is 14.9 Å². The predicted molar refractivity (Wildman–Crippen MR) is 75.9 cm³/mol. The quantitative estimate of drug-likeness (QED) is 0.660. The number of nitrogens with zero attached hydrogens (tertiary/aromatic N) is 1. The Morgan fingerprint density at radius 2 is 2.00 bits per heavy atom. The van der Waals surface area contributed by atoms with Crippen LogP contribution in [0.1, 0.15) is 45.4 Å². The van der Waals surface area contributed by atoms with E-state index in [1.54, 1.807) is 4.90 Å². The number of carboxylic acids is 1. The number of unbranched alkanes of at least 4 members (excludes halogenated alkanes) is 1. The van der Waals surface area contributed by atoms with Crippen molar-refractivity contribution >= 4 is 17.9 Å². The molecule has 1 saturated heterocycles. The van der Waals surface area contributed by atoms with Crippen molar-refractivity contribution in [1.29, 1.82) is 0 Å². The number of imide groups is 1. The van der Waals surface area contributed by atoms with Crippen molar-refractivity contribution in [2.75, 3.05) is 19.7 Å². The molecule has 0 aromatic carbocycles. The zero-order chi connectivity index (χ0) is 15.7. The smallest absolute Gasteiger partial charge is 0.324 e. The molecule has 2 N–H and O–H groups in total. The van der Waals surface area contributed by atoms with E-state index >= 15 is 0 Å². The van der Waals surface area contributed by atoms with Crippen LogP contribution in [0.4, 0.5) is 4.79 Å². The van der Waals surface area contributed by atoms with Crippen LogP contribution in [0, 0.1) is 0 Å². The molecule has 1 atom stereocenters. The van der Waals surface area contributed by atoms with E-state index in [-0.39, 0.29) is 24.9 Å². The number of aliphatic carboxylic acids is 1. The summed E-state index contributed by atoms with van der Waals surface area (Å²) in [6.45, 7) is 3.59. The Kier molecular flexibility index (Phi) is 7.74. The highest BCUT2D eigenvalue weighted by Crippen LogP contribution is 2.13. The van der Waals surface area contributed by atoms with Crippen LogP contribution >= 0.6 is 0 Å². The van der Waals surface area contributed by atoms with Crippen molar-refractivity contribution in [3.8, 4) is 0 Å². The fraction of sp³-hybridized carbons (Fsp3) is 0.786. The third kappa shape index (κ3) is 7.08. The van der Waals surface area contributed by atoms with Gasteiger partial charge < -0.3 is 14.7 Å². The van der Waals surface area contributed by atoms with E-state index in [4.69, 9.17) is 9.84 Å². The third-order valence-electron chi connectivity index (χ3n) is 3.41. The van der Waals surface area contributed by atoms with E-state index in [1.807, 2.05) is 6.92 Å². The molecule has 21 heavy (non-hydrogen) atoms. The molecule has 0 radical (unpaired) electrons. The van der Waals surface area contributed by atoms with Gasteiger partial charge in [-0.2, -0.15) is 0 Å². The number of ether oxygens (including phenoxy) is 1. The van der Waals surface area contributed by atoms with Gasteiger partial charge in [0.2, 0.25) is 5.91 Å². The molecule has 3 amide bonds. The number of rotatable bonds is 8. The lowest BCUT2D eigenvalue weighted by Gasteiger charge is -2.23. The molecule has 0 bridgehead atoms. The average molecular weight is 300 g/mol. The number of carbonyl (C=O) groups is 3. The fourth-order valence-corrected chi connectivity index (χ4v) is 2.21. The van der Waals surface area contributed by atoms with Crippen LogP contribution in [-0.4, -0.2) is 53.7 Å². The number of likely N-dealkylation sites (N-methyl/N-ethyl adjacent to an activating group) is 1. The molecule has 1 fully saturated rings. The first-order valence-corrected chi connectivity index (χ1v) is 7.45. The Balaban J connectivity index is 2.25. The van der Waals surface area contributed by atoms with E-state index < -0.39 is 12.0 Å². The molecule has 0 saturated carbocycles. The zero-order valence-electron chi connectivity index (χ0n) is 12.5. The first kappa shape index (κ1) is 17.4. The number of urea groups is 1. The van der Waals surface area contributed by atoms with E-state index in [0.717, 1.165) is 19.4 Å². The molecule has 0 aromatic rings. The zero-order valence-corrected chi connectivity index (χ0v) is 12.5. The summed E-state index contributed by atoms with van der Waals surface area (Å²) in [6.07, 6.45) is 3.10. The number of hydrogen-bond donors (Lipinski definition) is 2. The van der Waals surface area contributed by atoms with Gasteiger partial charge in [-0.15, -0.1) is 0 Å². The van der Waals surface area contributed by atoms with E-state index in [2.05, 4.69) is 5.32 Å². The summed E-state index contributed by atoms with van der Waals surface area (Å²) in [5.74, 6) is -1.24. The molecule has 0 spiro atoms. The molecule has 1 aliphatic heterocycles. The van der Waals surface area contributed by atoms with Gasteiger partial charge in [0.25, 0.3) is 0 Å². The summed E-state index contributed by atoms with van der Waals surface area (Å²) < 4.78 is 5.48. The van der Waals surface area contributed by atoms with Gasteiger partial charge in [0, 0.05) is 32.5 Å². The second-order valence-electron chi connectivity index (χ2n) is 5.13. The van der Waals surface area contributed by atoms with Crippen molar-refractivity contribution in [2.24, 2.45) is 0 Å². The maximum absolute atomic E-state index is 12.0. The van der Waals surface area contributed by atoms with Gasteiger partial charge in [-0.25, -0.2) is 4.79 Å². The summed E-state index contributed by atoms with van der Waals surface area (Å²) in [4.78, 5) is 35.5. The molecule has 0 aliphatic carbocycles. The molecule has 7 nitrogen and oxygen atoms in total. The van der Waals surface area contributed by atoms with Crippen LogP contribution in [0.25, 0.3) is 0 Å². The Labute approximate surface area is 124 Å². The lowest BCUT2D eigenvalue weighted by Crippen LogP contribution is -2.45. The van der Waals surface area contributed by atoms with Gasteiger partial charge in [-0.05, 0) is 32.6 Å². The highest BCUT2D eigenvalue weighted by atomic mass is 16.5. The van der Waals surface area contributed by atoms with E-state index in [1.165, 1.54) is 0 Å². The van der Waals surface area contributed by atoms with Crippen molar-refractivity contribution in [2.45, 2.75) is 51.6 Å². The predicted octanol–water partition coefficient (Wildman–Crippen LogP) is 1.37. The summed E-state index contributed by atoms with van der Waals surface area (Å²) in [5.41, 5.74) is 0. The normalized spacial score (nSPS) is 17.5. The third-order valence-corrected chi connectivity index (χ3v) is 3.41. The van der Waals surface area contributed by atoms with Crippen LogP contribution in [0.15, 0.2) is 0 Å². The Bertz CT molecular complexity index is 366. The Morgan fingerprint density at radius 3 is 2.57 bits per heavy atom.